The minimum atomic E-state index is -0.504. The van der Waals surface area contributed by atoms with E-state index in [2.05, 4.69) is 62.6 Å². The van der Waals surface area contributed by atoms with Gasteiger partial charge in [0.2, 0.25) is 0 Å². The predicted molar refractivity (Wildman–Crippen MR) is 307 cm³/mol. The first-order valence-electron chi connectivity index (χ1n) is 23.0. The molecule has 3 fully saturated rings. The molecular formula is C49H62Cl2I2N6O7S4. The molecule has 3 aliphatic heterocycles. The summed E-state index contributed by atoms with van der Waals surface area (Å²) in [5, 5.41) is 5.12. The van der Waals surface area contributed by atoms with Crippen molar-refractivity contribution in [3.05, 3.63) is 119 Å². The molecule has 13 nitrogen and oxygen atoms in total. The second kappa shape index (κ2) is 37.1. The third-order valence-electron chi connectivity index (χ3n) is 10.8. The first-order chi connectivity index (χ1) is 34.2. The maximum absolute atomic E-state index is 12.9. The number of halogens is 4. The first kappa shape index (κ1) is 60.9. The predicted octanol–water partition coefficient (Wildman–Crippen LogP) is 10.1. The number of hydrogen-bond acceptors (Lipinski definition) is 15. The number of carbonyl (C=O) groups is 4. The van der Waals surface area contributed by atoms with Crippen molar-refractivity contribution >= 4 is 126 Å². The zero-order chi connectivity index (χ0) is 50.2. The Morgan fingerprint density at radius 1 is 0.471 bits per heavy atom. The Hall–Kier alpha value is -1.68. The van der Waals surface area contributed by atoms with Crippen LogP contribution in [0, 0.1) is 0 Å². The molecular weight excluding hydrogens is 1240 g/mol. The van der Waals surface area contributed by atoms with Gasteiger partial charge in [0.1, 0.15) is 0 Å². The number of rotatable bonds is 21. The number of nitrogens with two attached hydrogens (primary N) is 1. The summed E-state index contributed by atoms with van der Waals surface area (Å²) in [6.45, 7) is 16.1. The van der Waals surface area contributed by atoms with Crippen molar-refractivity contribution in [1.29, 1.82) is 0 Å². The molecule has 2 amide bonds. The van der Waals surface area contributed by atoms with E-state index >= 15 is 0 Å². The molecule has 0 bridgehead atoms. The van der Waals surface area contributed by atoms with Crippen molar-refractivity contribution in [3.8, 4) is 0 Å². The number of amides is 2. The number of nitrogens with zero attached hydrogens (tertiary/aromatic N) is 3. The van der Waals surface area contributed by atoms with Crippen molar-refractivity contribution in [2.45, 2.75) is 38.8 Å². The maximum atomic E-state index is 12.9. The van der Waals surface area contributed by atoms with Crippen LogP contribution in [-0.2, 0) is 14.2 Å². The van der Waals surface area contributed by atoms with Crippen molar-refractivity contribution in [3.63, 3.8) is 0 Å². The zero-order valence-electron chi connectivity index (χ0n) is 39.0. The van der Waals surface area contributed by atoms with Gasteiger partial charge >= 0.3 is 0 Å². The Labute approximate surface area is 462 Å². The van der Waals surface area contributed by atoms with Gasteiger partial charge in [-0.1, -0.05) is 91.7 Å². The molecule has 0 radical (unpaired) electrons. The number of benzene rings is 4. The summed E-state index contributed by atoms with van der Waals surface area (Å²) in [5.74, 6) is -0.135. The summed E-state index contributed by atoms with van der Waals surface area (Å²) in [6.07, 6.45) is 2.93. The molecule has 21 heteroatoms. The number of morpholine rings is 3. The van der Waals surface area contributed by atoms with E-state index < -0.39 is 10.5 Å². The molecule has 0 atom stereocenters. The fourth-order valence-corrected chi connectivity index (χ4v) is 12.2. The molecule has 3 saturated heterocycles. The van der Waals surface area contributed by atoms with Crippen LogP contribution in [0.4, 0.5) is 0 Å². The van der Waals surface area contributed by atoms with Crippen LogP contribution < -0.4 is 16.4 Å². The summed E-state index contributed by atoms with van der Waals surface area (Å²) in [6, 6.07) is 29.3. The van der Waals surface area contributed by atoms with E-state index in [4.69, 9.17) is 43.1 Å². The standard InChI is InChI=1S/C28H38N4O4S2.C14H8Cl2O2S2.C7H16N2O.I2/c33-27(29-11-5-13-31-15-19-35-20-16-31)23-7-1-3-9-25(23)37-38-26-10-4-2-8-24(26)28(34)30-12-6-14-32-17-21-36-22-18-32;15-13(17)9-5-1-3-7-11(9)19-20-12-8-4-2-6-10(12)14(16)18;8-2-1-3-9-4-6-10-7-5-9;1-2/h1-4,7-10H,5-6,11-22H2,(H,29,33)(H,30,34);1-8H;1-8H2;. The fraction of sp³-hybridized carbons (Fsp3) is 0.429. The molecule has 4 aromatic rings. The average Bonchev–Trinajstić information content (AvgIpc) is 3.41. The van der Waals surface area contributed by atoms with E-state index in [1.165, 1.54) is 43.2 Å². The molecule has 70 heavy (non-hydrogen) atoms. The summed E-state index contributed by atoms with van der Waals surface area (Å²) < 4.78 is 16.0. The monoisotopic (exact) mass is 1300 g/mol. The van der Waals surface area contributed by atoms with Gasteiger partial charge in [-0.3, -0.25) is 33.9 Å². The number of carbonyl (C=O) groups excluding carboxylic acids is 4. The molecule has 382 valence electrons. The van der Waals surface area contributed by atoms with Crippen LogP contribution in [0.3, 0.4) is 0 Å². The lowest BCUT2D eigenvalue weighted by Crippen LogP contribution is -2.38. The Balaban J connectivity index is 0.000000275. The fourth-order valence-electron chi connectivity index (χ4n) is 7.03. The molecule has 3 aliphatic rings. The Morgan fingerprint density at radius 3 is 1.04 bits per heavy atom. The van der Waals surface area contributed by atoms with Crippen molar-refractivity contribution in [2.24, 2.45) is 5.73 Å². The van der Waals surface area contributed by atoms with E-state index in [-0.39, 0.29) is 11.8 Å². The highest BCUT2D eigenvalue weighted by Gasteiger charge is 2.18. The van der Waals surface area contributed by atoms with Gasteiger partial charge in [-0.25, -0.2) is 0 Å². The number of ether oxygens (including phenoxy) is 3. The van der Waals surface area contributed by atoms with Gasteiger partial charge in [-0.15, -0.1) is 0 Å². The van der Waals surface area contributed by atoms with Crippen LogP contribution in [0.15, 0.2) is 117 Å². The van der Waals surface area contributed by atoms with Crippen molar-refractivity contribution < 1.29 is 33.4 Å². The summed E-state index contributed by atoms with van der Waals surface area (Å²) in [4.78, 5) is 58.9. The van der Waals surface area contributed by atoms with Gasteiger partial charge in [-0.05, 0) is 117 Å². The molecule has 3 heterocycles. The van der Waals surface area contributed by atoms with Crippen molar-refractivity contribution in [2.75, 3.05) is 118 Å². The van der Waals surface area contributed by atoms with Gasteiger partial charge in [0.25, 0.3) is 22.3 Å². The van der Waals surface area contributed by atoms with E-state index in [1.807, 2.05) is 60.7 Å². The van der Waals surface area contributed by atoms with E-state index in [1.54, 1.807) is 36.4 Å². The van der Waals surface area contributed by atoms with Crippen LogP contribution in [0.5, 0.6) is 0 Å². The SMILES string of the molecule is II.NCCCN1CCOCC1.O=C(Cl)c1ccccc1SSc1ccccc1C(=O)Cl.O=C(NCCCN1CCOCC1)c1ccccc1SSc1ccccc1C(=O)NCCCN1CCOCC1. The molecule has 0 spiro atoms. The molecule has 4 N–H and O–H groups in total. The molecule has 0 saturated carbocycles. The lowest BCUT2D eigenvalue weighted by molar-refractivity contribution is 0.0373. The first-order valence-corrected chi connectivity index (χ1v) is 34.3. The van der Waals surface area contributed by atoms with E-state index in [0.717, 1.165) is 144 Å². The van der Waals surface area contributed by atoms with Crippen LogP contribution in [-0.4, -0.2) is 155 Å². The molecule has 0 aromatic heterocycles. The summed E-state index contributed by atoms with van der Waals surface area (Å²) in [7, 11) is 5.73. The van der Waals surface area contributed by atoms with E-state index in [0.29, 0.717) is 35.3 Å². The second-order valence-electron chi connectivity index (χ2n) is 15.6. The second-order valence-corrected chi connectivity index (χ2v) is 20.7. The Bertz CT molecular complexity index is 2040. The smallest absolute Gasteiger partial charge is 0.253 e. The zero-order valence-corrected chi connectivity index (χ0v) is 48.1. The highest BCUT2D eigenvalue weighted by molar-refractivity contribution is 15.0. The van der Waals surface area contributed by atoms with Crippen LogP contribution in [0.2, 0.25) is 0 Å². The third kappa shape index (κ3) is 23.3. The highest BCUT2D eigenvalue weighted by Crippen LogP contribution is 2.42. The lowest BCUT2D eigenvalue weighted by Gasteiger charge is -2.26. The average molecular weight is 1300 g/mol. The molecule has 0 unspecified atom stereocenters. The topological polar surface area (TPSA) is 156 Å². The largest absolute Gasteiger partial charge is 0.379 e. The van der Waals surface area contributed by atoms with Gasteiger partial charge in [0.15, 0.2) is 0 Å². The van der Waals surface area contributed by atoms with Gasteiger partial charge in [0, 0.05) is 120 Å². The molecule has 7 rings (SSSR count). The summed E-state index contributed by atoms with van der Waals surface area (Å²) >= 11 is 15.3. The van der Waals surface area contributed by atoms with Gasteiger partial charge < -0.3 is 30.6 Å². The van der Waals surface area contributed by atoms with Gasteiger partial charge in [0.05, 0.1) is 50.8 Å². The molecule has 0 aliphatic carbocycles. The number of hydrogen-bond donors (Lipinski definition) is 3. The van der Waals surface area contributed by atoms with Crippen LogP contribution in [0.25, 0.3) is 0 Å². The third-order valence-corrected chi connectivity index (χ3v) is 16.1. The van der Waals surface area contributed by atoms with Crippen LogP contribution >= 0.6 is 104 Å². The quantitative estimate of drug-likeness (QED) is 0.0313. The number of nitrogens with one attached hydrogen (secondary N) is 2. The van der Waals surface area contributed by atoms with E-state index in [9.17, 15) is 19.2 Å². The molecule has 4 aromatic carbocycles. The minimum Gasteiger partial charge on any atom is -0.379 e. The van der Waals surface area contributed by atoms with Gasteiger partial charge in [-0.2, -0.15) is 0 Å². The normalized spacial score (nSPS) is 15.2. The Kier molecular flexibility index (Phi) is 32.3. The van der Waals surface area contributed by atoms with Crippen molar-refractivity contribution in [1.82, 2.24) is 25.3 Å². The minimum absolute atomic E-state index is 0.0676. The Morgan fingerprint density at radius 2 is 0.743 bits per heavy atom. The van der Waals surface area contributed by atoms with Crippen LogP contribution in [0.1, 0.15) is 60.7 Å². The summed E-state index contributed by atoms with van der Waals surface area (Å²) in [5.41, 5.74) is 7.59. The highest BCUT2D eigenvalue weighted by atomic mass is 128. The maximum Gasteiger partial charge on any atom is 0.253 e. The lowest BCUT2D eigenvalue weighted by atomic mass is 10.2.